The molecule has 0 radical (unpaired) electrons. The van der Waals surface area contributed by atoms with Crippen LogP contribution in [0.3, 0.4) is 0 Å². The van der Waals surface area contributed by atoms with Crippen molar-refractivity contribution in [3.63, 3.8) is 0 Å². The number of nitrogens with one attached hydrogen (secondary N) is 1. The van der Waals surface area contributed by atoms with Gasteiger partial charge in [0, 0.05) is 18.5 Å². The van der Waals surface area contributed by atoms with Crippen LogP contribution in [0.1, 0.15) is 37.6 Å². The molecule has 0 aliphatic rings. The van der Waals surface area contributed by atoms with Crippen LogP contribution in [0.25, 0.3) is 5.69 Å². The monoisotopic (exact) mass is 418 g/mol. The molecular formula is C25H30N4O2. The normalized spacial score (nSPS) is 11.3. The zero-order chi connectivity index (χ0) is 22.6. The number of benzene rings is 2. The average Bonchev–Trinajstić information content (AvgIpc) is 3.13. The molecule has 3 aromatic rings. The number of hydrogen-bond donors (Lipinski definition) is 1. The number of anilines is 1. The standard InChI is InChI=1S/C25H30N4O2/c1-18-11-13-20(14-12-18)29-22(16-21(27-29)25(2,3)4)26-23(30)17-28(5)24(31)15-19-9-7-6-8-10-19/h6-14,16H,15,17H2,1-5H3,(H,26,30). The summed E-state index contributed by atoms with van der Waals surface area (Å²) in [5, 5.41) is 7.66. The first-order chi connectivity index (χ1) is 14.6. The number of likely N-dealkylation sites (N-methyl/N-ethyl adjacent to an activating group) is 1. The summed E-state index contributed by atoms with van der Waals surface area (Å²) in [7, 11) is 1.64. The topological polar surface area (TPSA) is 67.2 Å². The highest BCUT2D eigenvalue weighted by molar-refractivity contribution is 5.94. The molecule has 1 N–H and O–H groups in total. The Kier molecular flexibility index (Phi) is 6.59. The summed E-state index contributed by atoms with van der Waals surface area (Å²) in [6.45, 7) is 8.23. The van der Waals surface area contributed by atoms with Crippen LogP contribution in [-0.4, -0.2) is 40.1 Å². The Morgan fingerprint density at radius 1 is 1.03 bits per heavy atom. The zero-order valence-electron chi connectivity index (χ0n) is 18.8. The molecule has 6 heteroatoms. The van der Waals surface area contributed by atoms with Crippen molar-refractivity contribution in [2.45, 2.75) is 39.5 Å². The second kappa shape index (κ2) is 9.16. The van der Waals surface area contributed by atoms with Crippen LogP contribution in [0.15, 0.2) is 60.7 Å². The summed E-state index contributed by atoms with van der Waals surface area (Å²) < 4.78 is 1.74. The third-order valence-corrected chi connectivity index (χ3v) is 5.03. The first-order valence-corrected chi connectivity index (χ1v) is 10.4. The largest absolute Gasteiger partial charge is 0.336 e. The molecule has 0 aliphatic heterocycles. The molecule has 0 fully saturated rings. The Labute approximate surface area is 183 Å². The van der Waals surface area contributed by atoms with Crippen LogP contribution in [0.2, 0.25) is 0 Å². The van der Waals surface area contributed by atoms with Crippen LogP contribution in [0.4, 0.5) is 5.82 Å². The van der Waals surface area contributed by atoms with Gasteiger partial charge in [-0.2, -0.15) is 5.10 Å². The maximum absolute atomic E-state index is 12.7. The predicted octanol–water partition coefficient (Wildman–Crippen LogP) is 4.12. The van der Waals surface area contributed by atoms with Crippen molar-refractivity contribution < 1.29 is 9.59 Å². The summed E-state index contributed by atoms with van der Waals surface area (Å²) in [5.41, 5.74) is 3.64. The molecule has 3 rings (SSSR count). The highest BCUT2D eigenvalue weighted by Crippen LogP contribution is 2.26. The van der Waals surface area contributed by atoms with E-state index >= 15 is 0 Å². The van der Waals surface area contributed by atoms with Gasteiger partial charge in [0.05, 0.1) is 24.3 Å². The minimum absolute atomic E-state index is 0.0321. The van der Waals surface area contributed by atoms with Crippen LogP contribution < -0.4 is 5.32 Å². The Balaban J connectivity index is 1.74. The number of nitrogens with zero attached hydrogens (tertiary/aromatic N) is 3. The second-order valence-corrected chi connectivity index (χ2v) is 8.87. The van der Waals surface area contributed by atoms with Gasteiger partial charge in [-0.1, -0.05) is 68.8 Å². The fourth-order valence-electron chi connectivity index (χ4n) is 3.11. The van der Waals surface area contributed by atoms with Gasteiger partial charge in [0.25, 0.3) is 0 Å². The molecule has 31 heavy (non-hydrogen) atoms. The van der Waals surface area contributed by atoms with Gasteiger partial charge in [0.2, 0.25) is 11.8 Å². The third-order valence-electron chi connectivity index (χ3n) is 5.03. The number of carbonyl (C=O) groups is 2. The van der Waals surface area contributed by atoms with Gasteiger partial charge in [0.15, 0.2) is 0 Å². The smallest absolute Gasteiger partial charge is 0.245 e. The molecule has 0 saturated heterocycles. The molecule has 0 unspecified atom stereocenters. The van der Waals surface area contributed by atoms with Crippen molar-refractivity contribution in [3.05, 3.63) is 77.5 Å². The summed E-state index contributed by atoms with van der Waals surface area (Å²) >= 11 is 0. The van der Waals surface area contributed by atoms with E-state index in [2.05, 4.69) is 26.1 Å². The van der Waals surface area contributed by atoms with Crippen molar-refractivity contribution in [2.75, 3.05) is 18.9 Å². The number of rotatable bonds is 6. The van der Waals surface area contributed by atoms with Gasteiger partial charge >= 0.3 is 0 Å². The Bertz CT molecular complexity index is 1050. The number of aryl methyl sites for hydroxylation is 1. The molecule has 0 atom stereocenters. The van der Waals surface area contributed by atoms with Crippen LogP contribution in [0.5, 0.6) is 0 Å². The first-order valence-electron chi connectivity index (χ1n) is 10.4. The number of amides is 2. The fourth-order valence-corrected chi connectivity index (χ4v) is 3.11. The molecule has 2 aromatic carbocycles. The molecule has 162 valence electrons. The molecule has 2 amide bonds. The van der Waals surface area contributed by atoms with Gasteiger partial charge in [-0.15, -0.1) is 0 Å². The van der Waals surface area contributed by atoms with Crippen molar-refractivity contribution in [1.29, 1.82) is 0 Å². The average molecular weight is 419 g/mol. The highest BCUT2D eigenvalue weighted by Gasteiger charge is 2.22. The lowest BCUT2D eigenvalue weighted by Gasteiger charge is -2.17. The van der Waals surface area contributed by atoms with Gasteiger partial charge in [0.1, 0.15) is 5.82 Å². The van der Waals surface area contributed by atoms with E-state index in [1.807, 2.05) is 67.6 Å². The van der Waals surface area contributed by atoms with E-state index in [0.29, 0.717) is 5.82 Å². The van der Waals surface area contributed by atoms with Crippen LogP contribution >= 0.6 is 0 Å². The van der Waals surface area contributed by atoms with Crippen molar-refractivity contribution in [1.82, 2.24) is 14.7 Å². The van der Waals surface area contributed by atoms with Gasteiger partial charge in [-0.3, -0.25) is 9.59 Å². The van der Waals surface area contributed by atoms with E-state index in [-0.39, 0.29) is 30.2 Å². The molecule has 1 aromatic heterocycles. The lowest BCUT2D eigenvalue weighted by atomic mass is 9.92. The zero-order valence-corrected chi connectivity index (χ0v) is 18.8. The lowest BCUT2D eigenvalue weighted by Crippen LogP contribution is -2.36. The third kappa shape index (κ3) is 5.81. The highest BCUT2D eigenvalue weighted by atomic mass is 16.2. The van der Waals surface area contributed by atoms with Gasteiger partial charge in [-0.05, 0) is 24.6 Å². The van der Waals surface area contributed by atoms with E-state index in [4.69, 9.17) is 5.10 Å². The summed E-state index contributed by atoms with van der Waals surface area (Å²) in [5.74, 6) is 0.212. The van der Waals surface area contributed by atoms with E-state index in [1.165, 1.54) is 4.90 Å². The van der Waals surface area contributed by atoms with Crippen LogP contribution in [0, 0.1) is 6.92 Å². The SMILES string of the molecule is Cc1ccc(-n2nc(C(C)(C)C)cc2NC(=O)CN(C)C(=O)Cc2ccccc2)cc1. The van der Waals surface area contributed by atoms with Crippen molar-refractivity contribution in [2.24, 2.45) is 0 Å². The van der Waals surface area contributed by atoms with E-state index in [1.54, 1.807) is 11.7 Å². The molecule has 6 nitrogen and oxygen atoms in total. The molecule has 0 saturated carbocycles. The second-order valence-electron chi connectivity index (χ2n) is 8.87. The Morgan fingerprint density at radius 2 is 1.68 bits per heavy atom. The maximum Gasteiger partial charge on any atom is 0.245 e. The van der Waals surface area contributed by atoms with E-state index < -0.39 is 0 Å². The predicted molar refractivity (Wildman–Crippen MR) is 123 cm³/mol. The number of hydrogen-bond acceptors (Lipinski definition) is 3. The maximum atomic E-state index is 12.7. The Hall–Kier alpha value is -3.41. The van der Waals surface area contributed by atoms with Gasteiger partial charge in [-0.25, -0.2) is 4.68 Å². The minimum Gasteiger partial charge on any atom is -0.336 e. The fraction of sp³-hybridized carbons (Fsp3) is 0.320. The van der Waals surface area contributed by atoms with Crippen molar-refractivity contribution in [3.8, 4) is 5.69 Å². The Morgan fingerprint density at radius 3 is 2.29 bits per heavy atom. The molecule has 1 heterocycles. The minimum atomic E-state index is -0.266. The van der Waals surface area contributed by atoms with Gasteiger partial charge < -0.3 is 10.2 Å². The molecular weight excluding hydrogens is 388 g/mol. The van der Waals surface area contributed by atoms with Crippen molar-refractivity contribution >= 4 is 17.6 Å². The number of aromatic nitrogens is 2. The van der Waals surface area contributed by atoms with E-state index in [0.717, 1.165) is 22.5 Å². The summed E-state index contributed by atoms with van der Waals surface area (Å²) in [4.78, 5) is 26.7. The lowest BCUT2D eigenvalue weighted by molar-refractivity contribution is -0.132. The molecule has 0 aliphatic carbocycles. The summed E-state index contributed by atoms with van der Waals surface area (Å²) in [6.07, 6.45) is 0.264. The molecule has 0 bridgehead atoms. The molecule has 0 spiro atoms. The first kappa shape index (κ1) is 22.3. The van der Waals surface area contributed by atoms with E-state index in [9.17, 15) is 9.59 Å². The quantitative estimate of drug-likeness (QED) is 0.655. The van der Waals surface area contributed by atoms with Crippen LogP contribution in [-0.2, 0) is 21.4 Å². The number of carbonyl (C=O) groups excluding carboxylic acids is 2. The summed E-state index contributed by atoms with van der Waals surface area (Å²) in [6, 6.07) is 19.4.